The van der Waals surface area contributed by atoms with Gasteiger partial charge in [0.05, 0.1) is 0 Å². The highest BCUT2D eigenvalue weighted by Crippen LogP contribution is 1.95. The summed E-state index contributed by atoms with van der Waals surface area (Å²) in [6.45, 7) is 0.372. The molecule has 0 rings (SSSR count). The van der Waals surface area contributed by atoms with Gasteiger partial charge in [-0.1, -0.05) is 0 Å². The van der Waals surface area contributed by atoms with Crippen molar-refractivity contribution >= 4 is 17.6 Å². The van der Waals surface area contributed by atoms with Gasteiger partial charge < -0.3 is 10.0 Å². The minimum atomic E-state index is -0.967. The Hall–Kier alpha value is -0.280. The number of carbonyl (C=O) groups is 1. The van der Waals surface area contributed by atoms with Crippen molar-refractivity contribution in [1.29, 1.82) is 0 Å². The summed E-state index contributed by atoms with van der Waals surface area (Å²) in [7, 11) is 3.55. The Bertz CT molecular complexity index is 105. The highest BCUT2D eigenvalue weighted by molar-refractivity contribution is 6.29. The van der Waals surface area contributed by atoms with E-state index < -0.39 is 11.3 Å². The molecule has 9 heavy (non-hydrogen) atoms. The third kappa shape index (κ3) is 4.24. The molecule has 4 heteroatoms. The van der Waals surface area contributed by atoms with E-state index in [1.807, 2.05) is 0 Å². The van der Waals surface area contributed by atoms with Crippen molar-refractivity contribution < 1.29 is 9.90 Å². The maximum Gasteiger partial charge on any atom is 0.322 e. The van der Waals surface area contributed by atoms with E-state index in [0.29, 0.717) is 6.54 Å². The van der Waals surface area contributed by atoms with Gasteiger partial charge in [-0.05, 0) is 14.1 Å². The van der Waals surface area contributed by atoms with Crippen molar-refractivity contribution in [2.45, 2.75) is 5.38 Å². The molecule has 0 radical (unpaired) electrons. The van der Waals surface area contributed by atoms with E-state index >= 15 is 0 Å². The molecule has 3 nitrogen and oxygen atoms in total. The molecule has 0 saturated heterocycles. The van der Waals surface area contributed by atoms with Crippen LogP contribution in [0, 0.1) is 0 Å². The molecule has 0 aliphatic carbocycles. The summed E-state index contributed by atoms with van der Waals surface area (Å²) in [6.07, 6.45) is 0. The fourth-order valence-electron chi connectivity index (χ4n) is 0.399. The van der Waals surface area contributed by atoms with E-state index in [-0.39, 0.29) is 0 Å². The maximum absolute atomic E-state index is 10.1. The van der Waals surface area contributed by atoms with Gasteiger partial charge in [0.25, 0.3) is 0 Å². The zero-order chi connectivity index (χ0) is 7.44. The van der Waals surface area contributed by atoms with E-state index in [9.17, 15) is 4.79 Å². The first kappa shape index (κ1) is 8.72. The topological polar surface area (TPSA) is 40.5 Å². The molecule has 54 valence electrons. The monoisotopic (exact) mass is 151 g/mol. The molecule has 0 bridgehead atoms. The van der Waals surface area contributed by atoms with Gasteiger partial charge in [0.15, 0.2) is 0 Å². The maximum atomic E-state index is 10.1. The SMILES string of the molecule is CN(C)CC(Cl)C(=O)O. The molecule has 1 atom stereocenters. The Morgan fingerprint density at radius 1 is 1.78 bits per heavy atom. The molecular weight excluding hydrogens is 142 g/mol. The van der Waals surface area contributed by atoms with Gasteiger partial charge in [-0.3, -0.25) is 4.79 Å². The fourth-order valence-corrected chi connectivity index (χ4v) is 0.675. The zero-order valence-corrected chi connectivity index (χ0v) is 6.22. The molecular formula is C5H10ClNO2. The predicted molar refractivity (Wildman–Crippen MR) is 35.8 cm³/mol. The Labute approximate surface area is 59.2 Å². The number of hydrogen-bond acceptors (Lipinski definition) is 2. The standard InChI is InChI=1S/C5H10ClNO2/c1-7(2)3-4(6)5(8)9/h4H,3H2,1-2H3,(H,8,9). The largest absolute Gasteiger partial charge is 0.480 e. The average Bonchev–Trinajstić information content (AvgIpc) is 1.63. The van der Waals surface area contributed by atoms with Crippen molar-refractivity contribution in [1.82, 2.24) is 4.90 Å². The molecule has 0 aromatic heterocycles. The normalized spacial score (nSPS) is 13.8. The lowest BCUT2D eigenvalue weighted by Crippen LogP contribution is -2.27. The van der Waals surface area contributed by atoms with Gasteiger partial charge in [-0.25, -0.2) is 0 Å². The molecule has 0 spiro atoms. The van der Waals surface area contributed by atoms with Crippen LogP contribution in [-0.4, -0.2) is 42.0 Å². The van der Waals surface area contributed by atoms with Crippen molar-refractivity contribution in [3.63, 3.8) is 0 Å². The van der Waals surface area contributed by atoms with Crippen LogP contribution < -0.4 is 0 Å². The number of hydrogen-bond donors (Lipinski definition) is 1. The van der Waals surface area contributed by atoms with Gasteiger partial charge in [-0.15, -0.1) is 11.6 Å². The molecule has 0 heterocycles. The number of carboxylic acids is 1. The Morgan fingerprint density at radius 2 is 2.22 bits per heavy atom. The van der Waals surface area contributed by atoms with Crippen molar-refractivity contribution in [2.75, 3.05) is 20.6 Å². The summed E-state index contributed by atoms with van der Waals surface area (Å²) < 4.78 is 0. The van der Waals surface area contributed by atoms with Crippen LogP contribution in [0.2, 0.25) is 0 Å². The first-order valence-corrected chi connectivity index (χ1v) is 2.99. The number of halogens is 1. The summed E-state index contributed by atoms with van der Waals surface area (Å²) in [5, 5.41) is 7.48. The van der Waals surface area contributed by atoms with Crippen LogP contribution in [0.3, 0.4) is 0 Å². The molecule has 0 aromatic rings. The number of carboxylic acid groups (broad SMARTS) is 1. The summed E-state index contributed by atoms with van der Waals surface area (Å²) >= 11 is 5.37. The fraction of sp³-hybridized carbons (Fsp3) is 0.800. The molecule has 1 N–H and O–H groups in total. The van der Waals surface area contributed by atoms with E-state index in [4.69, 9.17) is 16.7 Å². The lowest BCUT2D eigenvalue weighted by Gasteiger charge is -2.10. The molecule has 0 aliphatic heterocycles. The van der Waals surface area contributed by atoms with E-state index in [1.165, 1.54) is 0 Å². The first-order chi connectivity index (χ1) is 4.04. The van der Waals surface area contributed by atoms with Crippen LogP contribution >= 0.6 is 11.6 Å². The van der Waals surface area contributed by atoms with Gasteiger partial charge in [0.2, 0.25) is 0 Å². The van der Waals surface area contributed by atoms with Crippen LogP contribution in [0.5, 0.6) is 0 Å². The first-order valence-electron chi connectivity index (χ1n) is 2.55. The molecule has 0 aromatic carbocycles. The van der Waals surface area contributed by atoms with Gasteiger partial charge in [-0.2, -0.15) is 0 Å². The lowest BCUT2D eigenvalue weighted by molar-refractivity contribution is -0.136. The molecule has 0 aliphatic rings. The van der Waals surface area contributed by atoms with Gasteiger partial charge in [0, 0.05) is 6.54 Å². The number of alkyl halides is 1. The second-order valence-corrected chi connectivity index (χ2v) is 2.59. The van der Waals surface area contributed by atoms with Crippen LogP contribution in [0.1, 0.15) is 0 Å². The van der Waals surface area contributed by atoms with Crippen molar-refractivity contribution in [3.05, 3.63) is 0 Å². The minimum absolute atomic E-state index is 0.372. The molecule has 0 saturated carbocycles. The summed E-state index contributed by atoms with van der Waals surface area (Å²) in [6, 6.07) is 0. The minimum Gasteiger partial charge on any atom is -0.480 e. The Balaban J connectivity index is 3.50. The number of rotatable bonds is 3. The second kappa shape index (κ2) is 3.69. The van der Waals surface area contributed by atoms with E-state index in [1.54, 1.807) is 19.0 Å². The average molecular weight is 152 g/mol. The van der Waals surface area contributed by atoms with Crippen molar-refractivity contribution in [3.8, 4) is 0 Å². The van der Waals surface area contributed by atoms with Crippen LogP contribution in [0.4, 0.5) is 0 Å². The molecule has 0 fully saturated rings. The third-order valence-electron chi connectivity index (χ3n) is 0.793. The highest BCUT2D eigenvalue weighted by Gasteiger charge is 2.13. The highest BCUT2D eigenvalue weighted by atomic mass is 35.5. The van der Waals surface area contributed by atoms with E-state index in [0.717, 1.165) is 0 Å². The number of aliphatic carboxylic acids is 1. The lowest BCUT2D eigenvalue weighted by atomic mass is 10.4. The van der Waals surface area contributed by atoms with Crippen LogP contribution in [0.15, 0.2) is 0 Å². The smallest absolute Gasteiger partial charge is 0.322 e. The molecule has 1 unspecified atom stereocenters. The van der Waals surface area contributed by atoms with Crippen molar-refractivity contribution in [2.24, 2.45) is 0 Å². The number of nitrogens with zero attached hydrogens (tertiary/aromatic N) is 1. The van der Waals surface area contributed by atoms with Gasteiger partial charge >= 0.3 is 5.97 Å². The quantitative estimate of drug-likeness (QED) is 0.588. The summed E-state index contributed by atoms with van der Waals surface area (Å²) in [4.78, 5) is 11.8. The van der Waals surface area contributed by atoms with E-state index in [2.05, 4.69) is 0 Å². The van der Waals surface area contributed by atoms with Gasteiger partial charge in [0.1, 0.15) is 5.38 Å². The third-order valence-corrected chi connectivity index (χ3v) is 1.12. The Kier molecular flexibility index (Phi) is 3.58. The van der Waals surface area contributed by atoms with Crippen LogP contribution in [0.25, 0.3) is 0 Å². The second-order valence-electron chi connectivity index (χ2n) is 2.07. The molecule has 0 amide bonds. The predicted octanol–water partition coefficient (Wildman–Crippen LogP) is 0.240. The Morgan fingerprint density at radius 3 is 2.33 bits per heavy atom. The zero-order valence-electron chi connectivity index (χ0n) is 5.47. The van der Waals surface area contributed by atoms with Crippen LogP contribution in [-0.2, 0) is 4.79 Å². The summed E-state index contributed by atoms with van der Waals surface area (Å²) in [5.74, 6) is -0.967. The summed E-state index contributed by atoms with van der Waals surface area (Å²) in [5.41, 5.74) is 0.